The Balaban J connectivity index is 2.62. The lowest BCUT2D eigenvalue weighted by molar-refractivity contribution is -0.125. The van der Waals surface area contributed by atoms with Crippen LogP contribution in [0.2, 0.25) is 0 Å². The van der Waals surface area contributed by atoms with E-state index in [0.29, 0.717) is 12.5 Å². The maximum Gasteiger partial charge on any atom is 0.230 e. The summed E-state index contributed by atoms with van der Waals surface area (Å²) in [5, 5.41) is 12.0. The van der Waals surface area contributed by atoms with Gasteiger partial charge >= 0.3 is 0 Å². The molecule has 1 atom stereocenters. The highest BCUT2D eigenvalue weighted by Crippen LogP contribution is 2.23. The van der Waals surface area contributed by atoms with Gasteiger partial charge in [0.15, 0.2) is 0 Å². The first kappa shape index (κ1) is 15.7. The van der Waals surface area contributed by atoms with Gasteiger partial charge in [-0.15, -0.1) is 0 Å². The van der Waals surface area contributed by atoms with Crippen LogP contribution in [-0.4, -0.2) is 24.2 Å². The fourth-order valence-electron chi connectivity index (χ4n) is 2.08. The average molecular weight is 263 g/mol. The Morgan fingerprint density at radius 1 is 1.32 bits per heavy atom. The normalized spacial score (nSPS) is 13.1. The van der Waals surface area contributed by atoms with Gasteiger partial charge in [-0.05, 0) is 31.7 Å². The van der Waals surface area contributed by atoms with Crippen LogP contribution < -0.4 is 5.32 Å². The molecule has 0 saturated carbocycles. The molecule has 0 aromatic heterocycles. The summed E-state index contributed by atoms with van der Waals surface area (Å²) in [4.78, 5) is 12.3. The smallest absolute Gasteiger partial charge is 0.230 e. The molecule has 1 unspecified atom stereocenters. The van der Waals surface area contributed by atoms with Crippen LogP contribution in [0, 0.1) is 5.92 Å². The summed E-state index contributed by atoms with van der Waals surface area (Å²) in [6, 6.07) is 9.80. The van der Waals surface area contributed by atoms with E-state index >= 15 is 0 Å². The molecule has 0 radical (unpaired) electrons. The van der Waals surface area contributed by atoms with Crippen molar-refractivity contribution in [2.24, 2.45) is 5.92 Å². The van der Waals surface area contributed by atoms with Gasteiger partial charge in [-0.25, -0.2) is 0 Å². The third kappa shape index (κ3) is 4.35. The van der Waals surface area contributed by atoms with E-state index in [1.807, 2.05) is 44.2 Å². The maximum absolute atomic E-state index is 12.3. The molecule has 1 aromatic carbocycles. The molecule has 3 nitrogen and oxygen atoms in total. The minimum Gasteiger partial charge on any atom is -0.396 e. The SMILES string of the molecule is CCC(CCO)CNC(=O)C(C)(C)c1ccccc1. The average Bonchev–Trinajstić information content (AvgIpc) is 2.43. The van der Waals surface area contributed by atoms with E-state index in [4.69, 9.17) is 5.11 Å². The lowest BCUT2D eigenvalue weighted by Gasteiger charge is -2.25. The first-order valence-corrected chi connectivity index (χ1v) is 6.97. The molecule has 1 rings (SSSR count). The van der Waals surface area contributed by atoms with Crippen molar-refractivity contribution in [3.05, 3.63) is 35.9 Å². The van der Waals surface area contributed by atoms with Crippen LogP contribution in [0.5, 0.6) is 0 Å². The van der Waals surface area contributed by atoms with Crippen molar-refractivity contribution in [1.29, 1.82) is 0 Å². The summed E-state index contributed by atoms with van der Waals surface area (Å²) in [6.07, 6.45) is 1.70. The quantitative estimate of drug-likeness (QED) is 0.794. The van der Waals surface area contributed by atoms with Gasteiger partial charge in [-0.1, -0.05) is 43.7 Å². The van der Waals surface area contributed by atoms with Crippen molar-refractivity contribution < 1.29 is 9.90 Å². The van der Waals surface area contributed by atoms with Gasteiger partial charge in [0.1, 0.15) is 0 Å². The molecule has 0 aliphatic carbocycles. The van der Waals surface area contributed by atoms with E-state index in [1.165, 1.54) is 0 Å². The zero-order valence-corrected chi connectivity index (χ0v) is 12.1. The van der Waals surface area contributed by atoms with Crippen LogP contribution in [0.3, 0.4) is 0 Å². The molecule has 0 aliphatic rings. The number of rotatable bonds is 7. The monoisotopic (exact) mass is 263 g/mol. The molecule has 19 heavy (non-hydrogen) atoms. The molecule has 0 aliphatic heterocycles. The number of carbonyl (C=O) groups is 1. The Labute approximate surface area is 116 Å². The second kappa shape index (κ2) is 7.29. The highest BCUT2D eigenvalue weighted by Gasteiger charge is 2.29. The summed E-state index contributed by atoms with van der Waals surface area (Å²) in [7, 11) is 0. The summed E-state index contributed by atoms with van der Waals surface area (Å²) in [5.74, 6) is 0.385. The van der Waals surface area contributed by atoms with Crippen LogP contribution in [-0.2, 0) is 10.2 Å². The van der Waals surface area contributed by atoms with E-state index in [1.54, 1.807) is 0 Å². The topological polar surface area (TPSA) is 49.3 Å². The number of amides is 1. The van der Waals surface area contributed by atoms with Crippen molar-refractivity contribution in [2.45, 2.75) is 39.0 Å². The first-order chi connectivity index (χ1) is 9.02. The molecular weight excluding hydrogens is 238 g/mol. The number of nitrogens with one attached hydrogen (secondary N) is 1. The number of aliphatic hydroxyl groups excluding tert-OH is 1. The fraction of sp³-hybridized carbons (Fsp3) is 0.562. The molecule has 106 valence electrons. The molecule has 0 saturated heterocycles. The second-order valence-electron chi connectivity index (χ2n) is 5.49. The van der Waals surface area contributed by atoms with Gasteiger partial charge < -0.3 is 10.4 Å². The maximum atomic E-state index is 12.3. The molecule has 0 heterocycles. The van der Waals surface area contributed by atoms with Crippen molar-refractivity contribution in [1.82, 2.24) is 5.32 Å². The number of benzene rings is 1. The Hall–Kier alpha value is -1.35. The van der Waals surface area contributed by atoms with Crippen molar-refractivity contribution in [2.75, 3.05) is 13.2 Å². The first-order valence-electron chi connectivity index (χ1n) is 6.97. The minimum atomic E-state index is -0.529. The Bertz CT molecular complexity index is 387. The van der Waals surface area contributed by atoms with Gasteiger partial charge in [-0.2, -0.15) is 0 Å². The molecule has 2 N–H and O–H groups in total. The van der Waals surface area contributed by atoms with E-state index in [2.05, 4.69) is 12.2 Å². The van der Waals surface area contributed by atoms with Crippen LogP contribution in [0.1, 0.15) is 39.2 Å². The van der Waals surface area contributed by atoms with Crippen LogP contribution >= 0.6 is 0 Å². The number of hydrogen-bond donors (Lipinski definition) is 2. The highest BCUT2D eigenvalue weighted by molar-refractivity contribution is 5.87. The van der Waals surface area contributed by atoms with Crippen LogP contribution in [0.4, 0.5) is 0 Å². The van der Waals surface area contributed by atoms with E-state index in [0.717, 1.165) is 18.4 Å². The third-order valence-electron chi connectivity index (χ3n) is 3.73. The lowest BCUT2D eigenvalue weighted by Crippen LogP contribution is -2.42. The summed E-state index contributed by atoms with van der Waals surface area (Å²) in [6.45, 7) is 6.76. The third-order valence-corrected chi connectivity index (χ3v) is 3.73. The van der Waals surface area contributed by atoms with Crippen molar-refractivity contribution in [3.8, 4) is 0 Å². The Morgan fingerprint density at radius 2 is 1.95 bits per heavy atom. The highest BCUT2D eigenvalue weighted by atomic mass is 16.3. The Morgan fingerprint density at radius 3 is 2.47 bits per heavy atom. The van der Waals surface area contributed by atoms with Crippen molar-refractivity contribution in [3.63, 3.8) is 0 Å². The zero-order valence-electron chi connectivity index (χ0n) is 12.1. The van der Waals surface area contributed by atoms with E-state index in [-0.39, 0.29) is 12.5 Å². The summed E-state index contributed by atoms with van der Waals surface area (Å²) in [5.41, 5.74) is 0.487. The molecule has 1 amide bonds. The lowest BCUT2D eigenvalue weighted by atomic mass is 9.83. The number of carbonyl (C=O) groups excluding carboxylic acids is 1. The van der Waals surface area contributed by atoms with Gasteiger partial charge in [0.05, 0.1) is 5.41 Å². The van der Waals surface area contributed by atoms with Crippen LogP contribution in [0.15, 0.2) is 30.3 Å². The molecule has 1 aromatic rings. The van der Waals surface area contributed by atoms with Gasteiger partial charge in [-0.3, -0.25) is 4.79 Å². The second-order valence-corrected chi connectivity index (χ2v) is 5.49. The zero-order chi connectivity index (χ0) is 14.3. The molecule has 0 bridgehead atoms. The predicted octanol–water partition coefficient (Wildman–Crippen LogP) is 2.49. The molecular formula is C16H25NO2. The molecule has 0 fully saturated rings. The van der Waals surface area contributed by atoms with Crippen LogP contribution in [0.25, 0.3) is 0 Å². The standard InChI is InChI=1S/C16H25NO2/c1-4-13(10-11-18)12-17-15(19)16(2,3)14-8-6-5-7-9-14/h5-9,13,18H,4,10-12H2,1-3H3,(H,17,19). The molecule has 0 spiro atoms. The van der Waals surface area contributed by atoms with E-state index < -0.39 is 5.41 Å². The van der Waals surface area contributed by atoms with Gasteiger partial charge in [0, 0.05) is 13.2 Å². The van der Waals surface area contributed by atoms with Gasteiger partial charge in [0.2, 0.25) is 5.91 Å². The van der Waals surface area contributed by atoms with Gasteiger partial charge in [0.25, 0.3) is 0 Å². The fourth-order valence-corrected chi connectivity index (χ4v) is 2.08. The summed E-state index contributed by atoms with van der Waals surface area (Å²) < 4.78 is 0. The largest absolute Gasteiger partial charge is 0.396 e. The van der Waals surface area contributed by atoms with E-state index in [9.17, 15) is 4.79 Å². The minimum absolute atomic E-state index is 0.0371. The van der Waals surface area contributed by atoms with Crippen molar-refractivity contribution >= 4 is 5.91 Å². The predicted molar refractivity (Wildman–Crippen MR) is 78.0 cm³/mol. The summed E-state index contributed by atoms with van der Waals surface area (Å²) >= 11 is 0. The number of aliphatic hydroxyl groups is 1. The molecule has 3 heteroatoms. The Kier molecular flexibility index (Phi) is 6.03. The number of hydrogen-bond acceptors (Lipinski definition) is 2.